The van der Waals surface area contributed by atoms with Gasteiger partial charge in [0.1, 0.15) is 0 Å². The maximum Gasteiger partial charge on any atom is 0.0443 e. The minimum atomic E-state index is 0.706. The third-order valence-corrected chi connectivity index (χ3v) is 5.80. The van der Waals surface area contributed by atoms with Crippen LogP contribution in [0.5, 0.6) is 0 Å². The summed E-state index contributed by atoms with van der Waals surface area (Å²) in [5.74, 6) is 4.70. The Balaban J connectivity index is 1.63. The second-order valence-corrected chi connectivity index (χ2v) is 7.05. The Morgan fingerprint density at radius 1 is 1.00 bits per heavy atom. The summed E-state index contributed by atoms with van der Waals surface area (Å²) in [5.41, 5.74) is 8.23. The average molecular weight is 256 g/mol. The van der Waals surface area contributed by atoms with Crippen molar-refractivity contribution in [3.63, 3.8) is 0 Å². The maximum atomic E-state index is 5.67. The van der Waals surface area contributed by atoms with Gasteiger partial charge in [0.25, 0.3) is 0 Å². The van der Waals surface area contributed by atoms with Gasteiger partial charge in [-0.15, -0.1) is 0 Å². The van der Waals surface area contributed by atoms with Crippen molar-refractivity contribution < 1.29 is 0 Å². The topological polar surface area (TPSA) is 38.9 Å². The molecule has 1 aromatic rings. The number of rotatable bonds is 3. The normalized spacial score (nSPS) is 39.7. The van der Waals surface area contributed by atoms with Crippen molar-refractivity contribution in [2.24, 2.45) is 29.4 Å². The fourth-order valence-corrected chi connectivity index (χ4v) is 5.38. The quantitative estimate of drug-likeness (QED) is 0.902. The minimum absolute atomic E-state index is 0.706. The molecule has 19 heavy (non-hydrogen) atoms. The third kappa shape index (κ3) is 2.01. The van der Waals surface area contributed by atoms with Crippen LogP contribution in [0.1, 0.15) is 49.4 Å². The number of nitrogens with two attached hydrogens (primary N) is 1. The standard InChI is InChI=1S/C17H24N2/c18-5-4-15-2-1-3-16(19-15)17-13-7-11-6-12(9-13)10-14(17)8-11/h1-3,11-14,17H,4-10,18H2. The van der Waals surface area contributed by atoms with Gasteiger partial charge in [0.05, 0.1) is 0 Å². The van der Waals surface area contributed by atoms with E-state index < -0.39 is 0 Å². The van der Waals surface area contributed by atoms with E-state index >= 15 is 0 Å². The summed E-state index contributed by atoms with van der Waals surface area (Å²) in [6, 6.07) is 6.60. The van der Waals surface area contributed by atoms with Crippen LogP contribution in [0, 0.1) is 23.7 Å². The van der Waals surface area contributed by atoms with Gasteiger partial charge < -0.3 is 5.73 Å². The van der Waals surface area contributed by atoms with Crippen molar-refractivity contribution in [3.05, 3.63) is 29.6 Å². The van der Waals surface area contributed by atoms with Crippen molar-refractivity contribution in [1.82, 2.24) is 4.98 Å². The predicted octanol–water partition coefficient (Wildman–Crippen LogP) is 3.12. The van der Waals surface area contributed by atoms with Gasteiger partial charge in [-0.2, -0.15) is 0 Å². The first-order chi connectivity index (χ1) is 9.33. The zero-order chi connectivity index (χ0) is 12.8. The average Bonchev–Trinajstić information content (AvgIpc) is 2.38. The summed E-state index contributed by atoms with van der Waals surface area (Å²) >= 11 is 0. The van der Waals surface area contributed by atoms with Crippen LogP contribution < -0.4 is 5.73 Å². The molecule has 0 spiro atoms. The van der Waals surface area contributed by atoms with Crippen LogP contribution in [-0.2, 0) is 6.42 Å². The highest BCUT2D eigenvalue weighted by Gasteiger charge is 2.48. The van der Waals surface area contributed by atoms with E-state index in [1.54, 1.807) is 0 Å². The van der Waals surface area contributed by atoms with E-state index in [0.717, 1.165) is 36.0 Å². The lowest BCUT2D eigenvalue weighted by molar-refractivity contribution is -0.00420. The molecule has 0 aromatic carbocycles. The molecule has 4 aliphatic carbocycles. The first-order valence-corrected chi connectivity index (χ1v) is 7.99. The Bertz CT molecular complexity index is 440. The van der Waals surface area contributed by atoms with Crippen molar-refractivity contribution >= 4 is 0 Å². The van der Waals surface area contributed by atoms with Crippen LogP contribution in [0.25, 0.3) is 0 Å². The molecule has 102 valence electrons. The van der Waals surface area contributed by atoms with Crippen LogP contribution >= 0.6 is 0 Å². The van der Waals surface area contributed by atoms with Crippen LogP contribution in [0.15, 0.2) is 18.2 Å². The summed E-state index contributed by atoms with van der Waals surface area (Å²) < 4.78 is 0. The van der Waals surface area contributed by atoms with E-state index in [0.29, 0.717) is 6.54 Å². The zero-order valence-corrected chi connectivity index (χ0v) is 11.6. The Kier molecular flexibility index (Phi) is 2.87. The van der Waals surface area contributed by atoms with Crippen molar-refractivity contribution in [2.45, 2.75) is 44.4 Å². The molecule has 0 radical (unpaired) electrons. The molecule has 2 heteroatoms. The number of aromatic nitrogens is 1. The molecule has 0 unspecified atom stereocenters. The summed E-state index contributed by atoms with van der Waals surface area (Å²) in [7, 11) is 0. The summed E-state index contributed by atoms with van der Waals surface area (Å²) in [5, 5.41) is 0. The van der Waals surface area contributed by atoms with Crippen LogP contribution in [0.4, 0.5) is 0 Å². The molecule has 1 heterocycles. The zero-order valence-electron chi connectivity index (χ0n) is 11.6. The largest absolute Gasteiger partial charge is 0.330 e. The molecule has 4 saturated carbocycles. The lowest BCUT2D eigenvalue weighted by Crippen LogP contribution is -2.44. The van der Waals surface area contributed by atoms with Gasteiger partial charge in [0.15, 0.2) is 0 Å². The number of pyridine rings is 1. The smallest absolute Gasteiger partial charge is 0.0443 e. The molecular formula is C17H24N2. The Labute approximate surface area is 115 Å². The fraction of sp³-hybridized carbons (Fsp3) is 0.706. The van der Waals surface area contributed by atoms with E-state index in [1.165, 1.54) is 43.5 Å². The number of nitrogens with zero attached hydrogens (tertiary/aromatic N) is 1. The van der Waals surface area contributed by atoms with Crippen LogP contribution in [0.2, 0.25) is 0 Å². The maximum absolute atomic E-state index is 5.67. The van der Waals surface area contributed by atoms with Gasteiger partial charge in [-0.1, -0.05) is 6.07 Å². The lowest BCUT2D eigenvalue weighted by atomic mass is 9.51. The van der Waals surface area contributed by atoms with E-state index in [1.807, 2.05) is 0 Å². The summed E-state index contributed by atoms with van der Waals surface area (Å²) in [6.07, 6.45) is 8.34. The minimum Gasteiger partial charge on any atom is -0.330 e. The number of hydrogen-bond acceptors (Lipinski definition) is 2. The highest BCUT2D eigenvalue weighted by atomic mass is 14.7. The van der Waals surface area contributed by atoms with Gasteiger partial charge in [-0.3, -0.25) is 4.98 Å². The van der Waals surface area contributed by atoms with Gasteiger partial charge in [0.2, 0.25) is 0 Å². The monoisotopic (exact) mass is 256 g/mol. The van der Waals surface area contributed by atoms with Gasteiger partial charge in [0, 0.05) is 23.7 Å². The van der Waals surface area contributed by atoms with Gasteiger partial charge >= 0.3 is 0 Å². The lowest BCUT2D eigenvalue weighted by Gasteiger charge is -2.54. The van der Waals surface area contributed by atoms with Crippen molar-refractivity contribution in [1.29, 1.82) is 0 Å². The predicted molar refractivity (Wildman–Crippen MR) is 76.8 cm³/mol. The Morgan fingerprint density at radius 2 is 1.68 bits per heavy atom. The molecule has 0 amide bonds. The van der Waals surface area contributed by atoms with Crippen molar-refractivity contribution in [2.75, 3.05) is 6.54 Å². The molecule has 0 saturated heterocycles. The molecule has 4 aliphatic rings. The highest BCUT2D eigenvalue weighted by Crippen LogP contribution is 2.59. The fourth-order valence-electron chi connectivity index (χ4n) is 5.38. The van der Waals surface area contributed by atoms with E-state index in [4.69, 9.17) is 10.7 Å². The van der Waals surface area contributed by atoms with Gasteiger partial charge in [-0.05, 0) is 74.5 Å². The third-order valence-electron chi connectivity index (χ3n) is 5.80. The Morgan fingerprint density at radius 3 is 2.32 bits per heavy atom. The molecule has 0 atom stereocenters. The van der Waals surface area contributed by atoms with Crippen LogP contribution in [-0.4, -0.2) is 11.5 Å². The van der Waals surface area contributed by atoms with Gasteiger partial charge in [-0.25, -0.2) is 0 Å². The van der Waals surface area contributed by atoms with E-state index in [9.17, 15) is 0 Å². The highest BCUT2D eigenvalue weighted by molar-refractivity contribution is 5.20. The summed E-state index contributed by atoms with van der Waals surface area (Å²) in [6.45, 7) is 0.706. The first-order valence-electron chi connectivity index (χ1n) is 7.99. The second-order valence-electron chi connectivity index (χ2n) is 7.05. The van der Waals surface area contributed by atoms with Crippen molar-refractivity contribution in [3.8, 4) is 0 Å². The second kappa shape index (κ2) is 4.59. The SMILES string of the molecule is NCCc1cccc(C2C3CC4CC(C3)CC2C4)n1. The molecule has 5 rings (SSSR count). The first kappa shape index (κ1) is 11.9. The van der Waals surface area contributed by atoms with Crippen LogP contribution in [0.3, 0.4) is 0 Å². The molecule has 4 bridgehead atoms. The van der Waals surface area contributed by atoms with E-state index in [-0.39, 0.29) is 0 Å². The molecule has 1 aromatic heterocycles. The number of hydrogen-bond donors (Lipinski definition) is 1. The molecular weight excluding hydrogens is 232 g/mol. The van der Waals surface area contributed by atoms with E-state index in [2.05, 4.69) is 18.2 Å². The molecule has 2 N–H and O–H groups in total. The molecule has 4 fully saturated rings. The Hall–Kier alpha value is -0.890. The molecule has 0 aliphatic heterocycles. The summed E-state index contributed by atoms with van der Waals surface area (Å²) in [4.78, 5) is 4.93. The molecule has 2 nitrogen and oxygen atoms in total.